The molecule has 0 heterocycles. The third kappa shape index (κ3) is 3.50. The number of hydrogen-bond acceptors (Lipinski definition) is 4. The Morgan fingerprint density at radius 3 is 1.62 bits per heavy atom. The fourth-order valence-corrected chi connectivity index (χ4v) is 3.35. The van der Waals surface area contributed by atoms with Crippen LogP contribution in [0.25, 0.3) is 10.8 Å². The molecule has 2 aromatic carbocycles. The highest BCUT2D eigenvalue weighted by Crippen LogP contribution is 2.44. The molecule has 130 valence electrons. The van der Waals surface area contributed by atoms with Crippen molar-refractivity contribution < 1.29 is 19.7 Å². The van der Waals surface area contributed by atoms with Gasteiger partial charge in [-0.05, 0) is 39.5 Å². The van der Waals surface area contributed by atoms with Crippen LogP contribution in [0.15, 0.2) is 24.3 Å². The van der Waals surface area contributed by atoms with E-state index in [4.69, 9.17) is 9.47 Å². The first-order valence-electron chi connectivity index (χ1n) is 8.76. The molecule has 4 heteroatoms. The van der Waals surface area contributed by atoms with Crippen molar-refractivity contribution in [2.45, 2.75) is 51.7 Å². The van der Waals surface area contributed by atoms with Crippen molar-refractivity contribution in [2.24, 2.45) is 0 Å². The zero-order valence-corrected chi connectivity index (χ0v) is 14.4. The number of rotatable bonds is 6. The Balaban J connectivity index is 2.15. The second-order valence-corrected chi connectivity index (χ2v) is 6.69. The van der Waals surface area contributed by atoms with Gasteiger partial charge in [0.25, 0.3) is 0 Å². The molecule has 4 nitrogen and oxygen atoms in total. The topological polar surface area (TPSA) is 58.9 Å². The van der Waals surface area contributed by atoms with Gasteiger partial charge in [0.05, 0.1) is 12.2 Å². The van der Waals surface area contributed by atoms with E-state index in [0.717, 1.165) is 48.0 Å². The summed E-state index contributed by atoms with van der Waals surface area (Å²) in [7, 11) is 0. The minimum Gasteiger partial charge on any atom is -0.490 e. The lowest BCUT2D eigenvalue weighted by Gasteiger charge is -2.26. The van der Waals surface area contributed by atoms with E-state index in [9.17, 15) is 10.2 Å². The third-order valence-electron chi connectivity index (χ3n) is 4.37. The molecule has 0 saturated carbocycles. The Kier molecular flexibility index (Phi) is 5.27. The Hall–Kier alpha value is -1.78. The monoisotopic (exact) mass is 330 g/mol. The van der Waals surface area contributed by atoms with E-state index in [2.05, 4.69) is 0 Å². The van der Waals surface area contributed by atoms with Crippen LogP contribution in [-0.2, 0) is 12.8 Å². The van der Waals surface area contributed by atoms with Crippen molar-refractivity contribution in [3.05, 3.63) is 35.4 Å². The molecule has 0 amide bonds. The Morgan fingerprint density at radius 1 is 0.833 bits per heavy atom. The highest BCUT2D eigenvalue weighted by Gasteiger charge is 2.24. The Labute approximate surface area is 143 Å². The smallest absolute Gasteiger partial charge is 0.130 e. The molecular formula is C20H26O4. The minimum atomic E-state index is -0.505. The molecule has 0 bridgehead atoms. The van der Waals surface area contributed by atoms with E-state index in [0.29, 0.717) is 0 Å². The molecular weight excluding hydrogens is 304 g/mol. The highest BCUT2D eigenvalue weighted by atomic mass is 16.5. The predicted octanol–water partition coefficient (Wildman–Crippen LogP) is 3.24. The average molecular weight is 330 g/mol. The van der Waals surface area contributed by atoms with Gasteiger partial charge in [0.15, 0.2) is 0 Å². The van der Waals surface area contributed by atoms with Crippen molar-refractivity contribution in [3.63, 3.8) is 0 Å². The van der Waals surface area contributed by atoms with Crippen molar-refractivity contribution in [2.75, 3.05) is 13.2 Å². The van der Waals surface area contributed by atoms with Crippen LogP contribution >= 0.6 is 0 Å². The maximum absolute atomic E-state index is 9.61. The summed E-state index contributed by atoms with van der Waals surface area (Å²) in [6.45, 7) is 4.03. The maximum Gasteiger partial charge on any atom is 0.130 e. The molecule has 2 atom stereocenters. The fraction of sp³-hybridized carbons (Fsp3) is 0.500. The van der Waals surface area contributed by atoms with Crippen molar-refractivity contribution >= 4 is 10.8 Å². The SMILES string of the molecule is CC(O)COc1c2c(c(OCC(C)O)c3ccccc13)CCCC2. The molecule has 0 fully saturated rings. The van der Waals surface area contributed by atoms with Gasteiger partial charge in [0.2, 0.25) is 0 Å². The summed E-state index contributed by atoms with van der Waals surface area (Å²) in [5, 5.41) is 21.3. The van der Waals surface area contributed by atoms with Crippen molar-refractivity contribution in [3.8, 4) is 11.5 Å². The molecule has 2 N–H and O–H groups in total. The highest BCUT2D eigenvalue weighted by molar-refractivity contribution is 5.96. The lowest BCUT2D eigenvalue weighted by molar-refractivity contribution is 0.120. The number of ether oxygens (including phenoxy) is 2. The summed E-state index contributed by atoms with van der Waals surface area (Å²) >= 11 is 0. The lowest BCUT2D eigenvalue weighted by atomic mass is 9.87. The summed E-state index contributed by atoms with van der Waals surface area (Å²) in [6, 6.07) is 8.06. The van der Waals surface area contributed by atoms with Gasteiger partial charge in [0, 0.05) is 21.9 Å². The first-order chi connectivity index (χ1) is 11.6. The number of benzene rings is 2. The minimum absolute atomic E-state index is 0.282. The summed E-state index contributed by atoms with van der Waals surface area (Å²) < 4.78 is 12.0. The standard InChI is InChI=1S/C20H26O4/c1-13(21)11-23-19-15-7-3-5-9-17(15)20(24-12-14(2)22)18-10-6-4-8-16(18)19/h3,5,7,9,13-14,21-22H,4,6,8,10-12H2,1-2H3. The van der Waals surface area contributed by atoms with Crippen LogP contribution in [0, 0.1) is 0 Å². The molecule has 24 heavy (non-hydrogen) atoms. The molecule has 0 saturated heterocycles. The van der Waals surface area contributed by atoms with Crippen LogP contribution in [0.3, 0.4) is 0 Å². The van der Waals surface area contributed by atoms with Gasteiger partial charge < -0.3 is 19.7 Å². The Morgan fingerprint density at radius 2 is 1.25 bits per heavy atom. The first kappa shape index (κ1) is 17.1. The zero-order valence-electron chi connectivity index (χ0n) is 14.4. The molecule has 1 aliphatic carbocycles. The number of fused-ring (bicyclic) bond motifs is 2. The van der Waals surface area contributed by atoms with Gasteiger partial charge in [-0.1, -0.05) is 24.3 Å². The van der Waals surface area contributed by atoms with Crippen LogP contribution in [0.2, 0.25) is 0 Å². The molecule has 0 radical (unpaired) electrons. The van der Waals surface area contributed by atoms with Crippen LogP contribution < -0.4 is 9.47 Å². The maximum atomic E-state index is 9.61. The normalized spacial score (nSPS) is 16.5. The number of aliphatic hydroxyl groups excluding tert-OH is 2. The van der Waals surface area contributed by atoms with E-state index in [1.54, 1.807) is 13.8 Å². The summed E-state index contributed by atoms with van der Waals surface area (Å²) in [5.41, 5.74) is 2.39. The van der Waals surface area contributed by atoms with E-state index in [1.165, 1.54) is 11.1 Å². The van der Waals surface area contributed by atoms with Gasteiger partial charge in [-0.3, -0.25) is 0 Å². The quantitative estimate of drug-likeness (QED) is 0.854. The number of aliphatic hydroxyl groups is 2. The second-order valence-electron chi connectivity index (χ2n) is 6.69. The molecule has 3 rings (SSSR count). The lowest BCUT2D eigenvalue weighted by Crippen LogP contribution is -2.18. The molecule has 2 unspecified atom stereocenters. The molecule has 1 aliphatic rings. The fourth-order valence-electron chi connectivity index (χ4n) is 3.35. The number of hydrogen-bond donors (Lipinski definition) is 2. The molecule has 0 spiro atoms. The zero-order chi connectivity index (χ0) is 17.1. The van der Waals surface area contributed by atoms with E-state index in [1.807, 2.05) is 24.3 Å². The van der Waals surface area contributed by atoms with Crippen LogP contribution in [-0.4, -0.2) is 35.6 Å². The van der Waals surface area contributed by atoms with E-state index >= 15 is 0 Å². The third-order valence-corrected chi connectivity index (χ3v) is 4.37. The van der Waals surface area contributed by atoms with Crippen LogP contribution in [0.4, 0.5) is 0 Å². The molecule has 0 aromatic heterocycles. The van der Waals surface area contributed by atoms with Crippen molar-refractivity contribution in [1.29, 1.82) is 0 Å². The largest absolute Gasteiger partial charge is 0.490 e. The van der Waals surface area contributed by atoms with Gasteiger partial charge in [-0.2, -0.15) is 0 Å². The predicted molar refractivity (Wildman–Crippen MR) is 94.9 cm³/mol. The molecule has 2 aromatic rings. The average Bonchev–Trinajstić information content (AvgIpc) is 2.57. The van der Waals surface area contributed by atoms with E-state index < -0.39 is 12.2 Å². The van der Waals surface area contributed by atoms with Gasteiger partial charge in [-0.15, -0.1) is 0 Å². The van der Waals surface area contributed by atoms with E-state index in [-0.39, 0.29) is 13.2 Å². The Bertz CT molecular complexity index is 646. The van der Waals surface area contributed by atoms with Gasteiger partial charge in [-0.25, -0.2) is 0 Å². The summed E-state index contributed by atoms with van der Waals surface area (Å²) in [5.74, 6) is 1.76. The van der Waals surface area contributed by atoms with Gasteiger partial charge in [0.1, 0.15) is 24.7 Å². The summed E-state index contributed by atoms with van der Waals surface area (Å²) in [4.78, 5) is 0. The first-order valence-corrected chi connectivity index (χ1v) is 8.76. The second kappa shape index (κ2) is 7.41. The molecule has 0 aliphatic heterocycles. The van der Waals surface area contributed by atoms with Crippen LogP contribution in [0.5, 0.6) is 11.5 Å². The van der Waals surface area contributed by atoms with Crippen molar-refractivity contribution in [1.82, 2.24) is 0 Å². The van der Waals surface area contributed by atoms with Crippen LogP contribution in [0.1, 0.15) is 37.8 Å². The van der Waals surface area contributed by atoms with Gasteiger partial charge >= 0.3 is 0 Å². The summed E-state index contributed by atoms with van der Waals surface area (Å²) in [6.07, 6.45) is 3.17.